The van der Waals surface area contributed by atoms with Crippen LogP contribution in [0.3, 0.4) is 0 Å². The van der Waals surface area contributed by atoms with Crippen LogP contribution in [0.4, 0.5) is 0 Å². The summed E-state index contributed by atoms with van der Waals surface area (Å²) in [4.78, 5) is 24.6. The highest BCUT2D eigenvalue weighted by molar-refractivity contribution is 9.11. The Kier molecular flexibility index (Phi) is 4.99. The van der Waals surface area contributed by atoms with E-state index in [1.165, 1.54) is 0 Å². The second-order valence-corrected chi connectivity index (χ2v) is 5.14. The maximum atomic E-state index is 11.7. The molecule has 0 aromatic heterocycles. The predicted molar refractivity (Wildman–Crippen MR) is 66.1 cm³/mol. The van der Waals surface area contributed by atoms with E-state index in [4.69, 9.17) is 0 Å². The lowest BCUT2D eigenvalue weighted by molar-refractivity contribution is -0.133. The monoisotopic (exact) mass is 288 g/mol. The molecule has 0 aromatic rings. The van der Waals surface area contributed by atoms with Crippen LogP contribution in [0.2, 0.25) is 0 Å². The summed E-state index contributed by atoms with van der Waals surface area (Å²) in [6.45, 7) is 7.05. The number of amides is 2. The van der Waals surface area contributed by atoms with Crippen LogP contribution >= 0.6 is 15.9 Å². The van der Waals surface area contributed by atoms with Crippen molar-refractivity contribution in [1.82, 2.24) is 10.2 Å². The molecule has 0 atom stereocenters. The molecule has 1 N–H and O–H groups in total. The van der Waals surface area contributed by atoms with Gasteiger partial charge >= 0.3 is 0 Å². The maximum absolute atomic E-state index is 11.7. The molecule has 90 valence electrons. The molecular formula is C11H17BrN2O2. The van der Waals surface area contributed by atoms with E-state index >= 15 is 0 Å². The molecule has 0 spiro atoms. The van der Waals surface area contributed by atoms with Crippen molar-refractivity contribution in [3.8, 4) is 0 Å². The highest BCUT2D eigenvalue weighted by Crippen LogP contribution is 2.17. The van der Waals surface area contributed by atoms with Crippen LogP contribution in [0.25, 0.3) is 0 Å². The van der Waals surface area contributed by atoms with Gasteiger partial charge in [0.05, 0.1) is 0 Å². The number of hydrogen-bond acceptors (Lipinski definition) is 2. The smallest absolute Gasteiger partial charge is 0.223 e. The Morgan fingerprint density at radius 2 is 2.00 bits per heavy atom. The summed E-state index contributed by atoms with van der Waals surface area (Å²) in [6.07, 6.45) is 1.50. The third-order valence-corrected chi connectivity index (χ3v) is 3.05. The summed E-state index contributed by atoms with van der Waals surface area (Å²) in [5, 5.41) is 2.81. The molecule has 0 radical (unpaired) electrons. The lowest BCUT2D eigenvalue weighted by Gasteiger charge is -2.30. The number of nitrogens with zero attached hydrogens (tertiary/aromatic N) is 1. The zero-order valence-electron chi connectivity index (χ0n) is 9.46. The van der Waals surface area contributed by atoms with E-state index in [1.807, 2.05) is 0 Å². The number of halogens is 1. The standard InChI is InChI=1S/C11H17BrN2O2/c1-8(12)7-13-11(16)10-3-5-14(6-4-10)9(2)15/h10H,1,3-7H2,2H3,(H,13,16). The first kappa shape index (κ1) is 13.2. The fourth-order valence-corrected chi connectivity index (χ4v) is 1.92. The summed E-state index contributed by atoms with van der Waals surface area (Å²) < 4.78 is 0.766. The molecule has 2 amide bonds. The number of nitrogens with one attached hydrogen (secondary N) is 1. The van der Waals surface area contributed by atoms with E-state index < -0.39 is 0 Å². The van der Waals surface area contributed by atoms with Crippen molar-refractivity contribution in [3.05, 3.63) is 11.1 Å². The molecule has 0 saturated carbocycles. The molecule has 0 bridgehead atoms. The first-order valence-corrected chi connectivity index (χ1v) is 6.16. The van der Waals surface area contributed by atoms with Crippen LogP contribution in [-0.2, 0) is 9.59 Å². The number of rotatable bonds is 3. The van der Waals surface area contributed by atoms with Crippen LogP contribution < -0.4 is 5.32 Å². The highest BCUT2D eigenvalue weighted by atomic mass is 79.9. The lowest BCUT2D eigenvalue weighted by atomic mass is 9.96. The van der Waals surface area contributed by atoms with Crippen molar-refractivity contribution in [1.29, 1.82) is 0 Å². The Morgan fingerprint density at radius 3 is 2.44 bits per heavy atom. The predicted octanol–water partition coefficient (Wildman–Crippen LogP) is 1.27. The van der Waals surface area contributed by atoms with Crippen molar-refractivity contribution in [3.63, 3.8) is 0 Å². The van der Waals surface area contributed by atoms with Gasteiger partial charge in [0.25, 0.3) is 0 Å². The Labute approximate surface area is 104 Å². The largest absolute Gasteiger partial charge is 0.351 e. The van der Waals surface area contributed by atoms with Crippen molar-refractivity contribution in [2.24, 2.45) is 5.92 Å². The van der Waals surface area contributed by atoms with E-state index in [0.717, 1.165) is 17.3 Å². The normalized spacial score (nSPS) is 17.0. The average molecular weight is 289 g/mol. The van der Waals surface area contributed by atoms with Crippen molar-refractivity contribution in [2.45, 2.75) is 19.8 Å². The fourth-order valence-electron chi connectivity index (χ4n) is 1.78. The van der Waals surface area contributed by atoms with Gasteiger partial charge in [-0.2, -0.15) is 0 Å². The first-order valence-electron chi connectivity index (χ1n) is 5.37. The van der Waals surface area contributed by atoms with Gasteiger partial charge in [-0.15, -0.1) is 0 Å². The Bertz CT molecular complexity index is 296. The third-order valence-electron chi connectivity index (χ3n) is 2.77. The quantitative estimate of drug-likeness (QED) is 0.850. The summed E-state index contributed by atoms with van der Waals surface area (Å²) in [5.74, 6) is 0.180. The average Bonchev–Trinajstić information content (AvgIpc) is 2.26. The van der Waals surface area contributed by atoms with E-state index in [-0.39, 0.29) is 17.7 Å². The Balaban J connectivity index is 2.33. The topological polar surface area (TPSA) is 49.4 Å². The molecule has 0 unspecified atom stereocenters. The molecule has 0 aromatic carbocycles. The first-order chi connectivity index (χ1) is 7.50. The molecule has 0 aliphatic carbocycles. The molecule has 1 fully saturated rings. The molecular weight excluding hydrogens is 272 g/mol. The number of carbonyl (C=O) groups excluding carboxylic acids is 2. The van der Waals surface area contributed by atoms with Crippen molar-refractivity contribution < 1.29 is 9.59 Å². The van der Waals surface area contributed by atoms with Gasteiger partial charge in [-0.25, -0.2) is 0 Å². The van der Waals surface area contributed by atoms with E-state index in [2.05, 4.69) is 27.8 Å². The number of hydrogen-bond donors (Lipinski definition) is 1. The second-order valence-electron chi connectivity index (χ2n) is 4.02. The van der Waals surface area contributed by atoms with Gasteiger partial charge in [0, 0.05) is 37.0 Å². The van der Waals surface area contributed by atoms with Crippen LogP contribution in [0.1, 0.15) is 19.8 Å². The summed E-state index contributed by atoms with van der Waals surface area (Å²) in [5.41, 5.74) is 0. The zero-order valence-corrected chi connectivity index (χ0v) is 11.0. The molecule has 4 nitrogen and oxygen atoms in total. The highest BCUT2D eigenvalue weighted by Gasteiger charge is 2.25. The minimum absolute atomic E-state index is 0.0300. The number of carbonyl (C=O) groups is 2. The van der Waals surface area contributed by atoms with Gasteiger partial charge in [0.2, 0.25) is 11.8 Å². The van der Waals surface area contributed by atoms with Crippen molar-refractivity contribution in [2.75, 3.05) is 19.6 Å². The lowest BCUT2D eigenvalue weighted by Crippen LogP contribution is -2.42. The van der Waals surface area contributed by atoms with Crippen LogP contribution in [-0.4, -0.2) is 36.3 Å². The molecule has 5 heteroatoms. The van der Waals surface area contributed by atoms with Gasteiger partial charge in [0.15, 0.2) is 0 Å². The molecule has 1 aliphatic heterocycles. The minimum atomic E-state index is 0.0300. The third kappa shape index (κ3) is 3.96. The molecule has 1 saturated heterocycles. The summed E-state index contributed by atoms with van der Waals surface area (Å²) >= 11 is 3.19. The second kappa shape index (κ2) is 6.03. The summed E-state index contributed by atoms with van der Waals surface area (Å²) in [6, 6.07) is 0. The fraction of sp³-hybridized carbons (Fsp3) is 0.636. The zero-order chi connectivity index (χ0) is 12.1. The van der Waals surface area contributed by atoms with Crippen LogP contribution in [0.15, 0.2) is 11.1 Å². The van der Waals surface area contributed by atoms with Gasteiger partial charge in [0.1, 0.15) is 0 Å². The minimum Gasteiger partial charge on any atom is -0.351 e. The molecule has 16 heavy (non-hydrogen) atoms. The maximum Gasteiger partial charge on any atom is 0.223 e. The van der Waals surface area contributed by atoms with Crippen LogP contribution in [0, 0.1) is 5.92 Å². The Hall–Kier alpha value is -0.840. The number of piperidine rings is 1. The number of likely N-dealkylation sites (tertiary alicyclic amines) is 1. The molecule has 1 rings (SSSR count). The van der Waals surface area contributed by atoms with E-state index in [0.29, 0.717) is 19.6 Å². The van der Waals surface area contributed by atoms with Gasteiger partial charge < -0.3 is 10.2 Å². The summed E-state index contributed by atoms with van der Waals surface area (Å²) in [7, 11) is 0. The van der Waals surface area contributed by atoms with Gasteiger partial charge in [-0.1, -0.05) is 22.5 Å². The van der Waals surface area contributed by atoms with Gasteiger partial charge in [-0.05, 0) is 12.8 Å². The van der Waals surface area contributed by atoms with Crippen molar-refractivity contribution >= 4 is 27.7 Å². The SMILES string of the molecule is C=C(Br)CNC(=O)C1CCN(C(C)=O)CC1. The molecule has 1 heterocycles. The Morgan fingerprint density at radius 1 is 1.44 bits per heavy atom. The van der Waals surface area contributed by atoms with E-state index in [1.54, 1.807) is 11.8 Å². The van der Waals surface area contributed by atoms with E-state index in [9.17, 15) is 9.59 Å². The molecule has 1 aliphatic rings. The van der Waals surface area contributed by atoms with Crippen LogP contribution in [0.5, 0.6) is 0 Å². The van der Waals surface area contributed by atoms with Gasteiger partial charge in [-0.3, -0.25) is 9.59 Å².